The summed E-state index contributed by atoms with van der Waals surface area (Å²) >= 11 is 5.01. The molecule has 0 radical (unpaired) electrons. The molecule has 20 heavy (non-hydrogen) atoms. The number of amidine groups is 1. The topological polar surface area (TPSA) is 67.8 Å². The van der Waals surface area contributed by atoms with E-state index in [0.29, 0.717) is 17.1 Å². The molecule has 2 aromatic carbocycles. The van der Waals surface area contributed by atoms with Gasteiger partial charge in [0.05, 0.1) is 5.56 Å². The van der Waals surface area contributed by atoms with Crippen molar-refractivity contribution in [1.82, 2.24) is 0 Å². The lowest BCUT2D eigenvalue weighted by molar-refractivity contribution is 0.318. The van der Waals surface area contributed by atoms with Crippen molar-refractivity contribution >= 4 is 33.5 Å². The van der Waals surface area contributed by atoms with Crippen LogP contribution in [-0.2, 0) is 0 Å². The van der Waals surface area contributed by atoms with E-state index < -0.39 is 0 Å². The molecule has 0 aromatic heterocycles. The molecule has 0 aliphatic rings. The van der Waals surface area contributed by atoms with Gasteiger partial charge in [0.1, 0.15) is 11.5 Å². The van der Waals surface area contributed by atoms with Crippen LogP contribution >= 0.6 is 27.7 Å². The number of nitrogens with two attached hydrogens (primary N) is 1. The van der Waals surface area contributed by atoms with Crippen molar-refractivity contribution in [3.63, 3.8) is 0 Å². The van der Waals surface area contributed by atoms with Crippen LogP contribution in [0.25, 0.3) is 0 Å². The van der Waals surface area contributed by atoms with E-state index in [2.05, 4.69) is 21.1 Å². The van der Waals surface area contributed by atoms with E-state index in [4.69, 9.17) is 15.7 Å². The lowest BCUT2D eigenvalue weighted by Gasteiger charge is -2.11. The van der Waals surface area contributed by atoms with E-state index in [1.165, 1.54) is 0 Å². The van der Waals surface area contributed by atoms with Gasteiger partial charge in [-0.15, -0.1) is 11.8 Å². The summed E-state index contributed by atoms with van der Waals surface area (Å²) in [6.07, 6.45) is 2.01. The highest BCUT2D eigenvalue weighted by Gasteiger charge is 2.10. The van der Waals surface area contributed by atoms with Crippen LogP contribution in [0.4, 0.5) is 0 Å². The molecule has 0 saturated heterocycles. The molecule has 0 spiro atoms. The Labute approximate surface area is 129 Å². The second kappa shape index (κ2) is 6.67. The molecule has 3 N–H and O–H groups in total. The maximum Gasteiger partial charge on any atom is 0.173 e. The number of nitrogens with zero attached hydrogens (tertiary/aromatic N) is 1. The average molecular weight is 353 g/mol. The first-order chi connectivity index (χ1) is 9.63. The summed E-state index contributed by atoms with van der Waals surface area (Å²) < 4.78 is 6.61. The monoisotopic (exact) mass is 352 g/mol. The van der Waals surface area contributed by atoms with E-state index in [1.54, 1.807) is 23.9 Å². The standard InChI is InChI=1S/C14H13BrN2O2S/c1-20-11-5-3-10(4-6-11)19-13-7-2-9(15)8-12(13)14(16)17-18/h2-8,18H,1H3,(H2,16,17). The van der Waals surface area contributed by atoms with Gasteiger partial charge in [-0.05, 0) is 48.7 Å². The lowest BCUT2D eigenvalue weighted by atomic mass is 10.2. The van der Waals surface area contributed by atoms with Crippen molar-refractivity contribution in [3.05, 3.63) is 52.5 Å². The highest BCUT2D eigenvalue weighted by molar-refractivity contribution is 9.10. The van der Waals surface area contributed by atoms with Gasteiger partial charge in [0.2, 0.25) is 0 Å². The number of benzene rings is 2. The summed E-state index contributed by atoms with van der Waals surface area (Å²) in [5.74, 6) is 1.22. The first-order valence-electron chi connectivity index (χ1n) is 5.73. The van der Waals surface area contributed by atoms with Crippen molar-refractivity contribution in [2.45, 2.75) is 4.90 Å². The summed E-state index contributed by atoms with van der Waals surface area (Å²) in [5, 5.41) is 11.8. The minimum atomic E-state index is 0.00188. The van der Waals surface area contributed by atoms with E-state index in [9.17, 15) is 0 Å². The zero-order valence-electron chi connectivity index (χ0n) is 10.7. The van der Waals surface area contributed by atoms with Crippen LogP contribution in [0.15, 0.2) is 57.0 Å². The molecule has 0 aliphatic carbocycles. The van der Waals surface area contributed by atoms with Gasteiger partial charge in [0.25, 0.3) is 0 Å². The number of hydrogen-bond donors (Lipinski definition) is 2. The van der Waals surface area contributed by atoms with Gasteiger partial charge in [-0.3, -0.25) is 0 Å². The first kappa shape index (κ1) is 14.7. The molecular formula is C14H13BrN2O2S. The van der Waals surface area contributed by atoms with Gasteiger partial charge >= 0.3 is 0 Å². The Morgan fingerprint density at radius 2 is 1.95 bits per heavy atom. The minimum Gasteiger partial charge on any atom is -0.457 e. The quantitative estimate of drug-likeness (QED) is 0.286. The van der Waals surface area contributed by atoms with Crippen LogP contribution in [0.3, 0.4) is 0 Å². The van der Waals surface area contributed by atoms with Crippen molar-refractivity contribution < 1.29 is 9.94 Å². The molecule has 0 amide bonds. The fourth-order valence-corrected chi connectivity index (χ4v) is 2.39. The average Bonchev–Trinajstić information content (AvgIpc) is 2.49. The Morgan fingerprint density at radius 3 is 2.55 bits per heavy atom. The second-order valence-corrected chi connectivity index (χ2v) is 5.70. The number of hydrogen-bond acceptors (Lipinski definition) is 4. The molecule has 0 saturated carbocycles. The summed E-state index contributed by atoms with van der Waals surface area (Å²) in [7, 11) is 0. The van der Waals surface area contributed by atoms with Crippen LogP contribution in [0.5, 0.6) is 11.5 Å². The Hall–Kier alpha value is -1.66. The van der Waals surface area contributed by atoms with E-state index in [0.717, 1.165) is 9.37 Å². The molecular weight excluding hydrogens is 340 g/mol. The third kappa shape index (κ3) is 3.46. The van der Waals surface area contributed by atoms with E-state index >= 15 is 0 Å². The summed E-state index contributed by atoms with van der Waals surface area (Å²) in [6, 6.07) is 13.0. The Morgan fingerprint density at radius 1 is 1.25 bits per heavy atom. The second-order valence-electron chi connectivity index (χ2n) is 3.90. The van der Waals surface area contributed by atoms with Gasteiger partial charge in [-0.2, -0.15) is 0 Å². The summed E-state index contributed by atoms with van der Waals surface area (Å²) in [4.78, 5) is 1.16. The Bertz CT molecular complexity index is 630. The minimum absolute atomic E-state index is 0.00188. The number of oxime groups is 1. The normalized spacial score (nSPS) is 11.4. The first-order valence-corrected chi connectivity index (χ1v) is 7.75. The smallest absolute Gasteiger partial charge is 0.173 e. The van der Waals surface area contributed by atoms with Crippen LogP contribution < -0.4 is 10.5 Å². The molecule has 0 unspecified atom stereocenters. The van der Waals surface area contributed by atoms with Gasteiger partial charge in [-0.25, -0.2) is 0 Å². The largest absolute Gasteiger partial charge is 0.457 e. The molecule has 104 valence electrons. The van der Waals surface area contributed by atoms with Gasteiger partial charge in [0.15, 0.2) is 5.84 Å². The maximum atomic E-state index is 8.83. The highest BCUT2D eigenvalue weighted by atomic mass is 79.9. The van der Waals surface area contributed by atoms with Crippen LogP contribution in [0, 0.1) is 0 Å². The SMILES string of the molecule is CSc1ccc(Oc2ccc(Br)cc2/C(N)=N/O)cc1. The fraction of sp³-hybridized carbons (Fsp3) is 0.0714. The molecule has 0 aliphatic heterocycles. The van der Waals surface area contributed by atoms with Crippen molar-refractivity contribution in [2.24, 2.45) is 10.9 Å². The van der Waals surface area contributed by atoms with E-state index in [-0.39, 0.29) is 5.84 Å². The number of halogens is 1. The maximum absolute atomic E-state index is 8.83. The zero-order valence-corrected chi connectivity index (χ0v) is 13.1. The number of ether oxygens (including phenoxy) is 1. The summed E-state index contributed by atoms with van der Waals surface area (Å²) in [6.45, 7) is 0. The molecule has 4 nitrogen and oxygen atoms in total. The molecule has 2 aromatic rings. The number of thioether (sulfide) groups is 1. The zero-order chi connectivity index (χ0) is 14.5. The summed E-state index contributed by atoms with van der Waals surface area (Å²) in [5.41, 5.74) is 6.18. The van der Waals surface area contributed by atoms with Gasteiger partial charge in [0, 0.05) is 9.37 Å². The predicted octanol–water partition coefficient (Wildman–Crippen LogP) is 4.06. The lowest BCUT2D eigenvalue weighted by Crippen LogP contribution is -2.14. The van der Waals surface area contributed by atoms with Crippen molar-refractivity contribution in [2.75, 3.05) is 6.26 Å². The predicted molar refractivity (Wildman–Crippen MR) is 84.9 cm³/mol. The highest BCUT2D eigenvalue weighted by Crippen LogP contribution is 2.29. The third-order valence-corrected chi connectivity index (χ3v) is 3.85. The van der Waals surface area contributed by atoms with Crippen LogP contribution in [0.2, 0.25) is 0 Å². The molecule has 6 heteroatoms. The van der Waals surface area contributed by atoms with E-state index in [1.807, 2.05) is 36.6 Å². The van der Waals surface area contributed by atoms with Crippen molar-refractivity contribution in [3.8, 4) is 11.5 Å². The molecule has 0 heterocycles. The van der Waals surface area contributed by atoms with Gasteiger partial charge < -0.3 is 15.7 Å². The fourth-order valence-electron chi connectivity index (χ4n) is 1.62. The molecule has 0 bridgehead atoms. The van der Waals surface area contributed by atoms with Gasteiger partial charge in [-0.1, -0.05) is 21.1 Å². The molecule has 0 fully saturated rings. The molecule has 2 rings (SSSR count). The number of rotatable bonds is 4. The Balaban J connectivity index is 2.32. The Kier molecular flexibility index (Phi) is 4.92. The van der Waals surface area contributed by atoms with Crippen LogP contribution in [0.1, 0.15) is 5.56 Å². The molecule has 0 atom stereocenters. The van der Waals surface area contributed by atoms with Crippen molar-refractivity contribution in [1.29, 1.82) is 0 Å². The third-order valence-electron chi connectivity index (χ3n) is 2.61. The van der Waals surface area contributed by atoms with Crippen LogP contribution in [-0.4, -0.2) is 17.3 Å².